The normalized spacial score (nSPS) is 10.8. The van der Waals surface area contributed by atoms with Crippen molar-refractivity contribution in [1.82, 2.24) is 9.55 Å². The molecule has 2 aromatic rings. The van der Waals surface area contributed by atoms with Gasteiger partial charge in [-0.3, -0.25) is 4.79 Å². The number of hydrogen-bond acceptors (Lipinski definition) is 4. The quantitative estimate of drug-likeness (QED) is 0.809. The maximum absolute atomic E-state index is 11.9. The summed E-state index contributed by atoms with van der Waals surface area (Å²) in [6.45, 7) is 0.130. The summed E-state index contributed by atoms with van der Waals surface area (Å²) in [4.78, 5) is 16.1. The van der Waals surface area contributed by atoms with Gasteiger partial charge in [-0.15, -0.1) is 0 Å². The van der Waals surface area contributed by atoms with E-state index in [0.29, 0.717) is 16.7 Å². The van der Waals surface area contributed by atoms with E-state index in [1.165, 1.54) is 18.0 Å². The molecule has 2 rings (SSSR count). The van der Waals surface area contributed by atoms with Crippen molar-refractivity contribution < 1.29 is 9.47 Å². The van der Waals surface area contributed by atoms with E-state index in [4.69, 9.17) is 9.47 Å². The van der Waals surface area contributed by atoms with Crippen LogP contribution in [-0.4, -0.2) is 23.5 Å². The van der Waals surface area contributed by atoms with Gasteiger partial charge in [-0.1, -0.05) is 0 Å². The highest BCUT2D eigenvalue weighted by molar-refractivity contribution is 9.10. The largest absolute Gasteiger partial charge is 0.466 e. The number of halogens is 1. The highest BCUT2D eigenvalue weighted by Crippen LogP contribution is 2.28. The molecule has 90 valence electrons. The number of hydrogen-bond donors (Lipinski definition) is 0. The molecule has 0 spiro atoms. The van der Waals surface area contributed by atoms with Crippen LogP contribution in [-0.2, 0) is 11.8 Å². The number of rotatable bonds is 3. The third-order valence-electron chi connectivity index (χ3n) is 2.30. The van der Waals surface area contributed by atoms with Crippen LogP contribution in [0.4, 0.5) is 0 Å². The SMILES string of the molecule is COCOc1cc2c(=O)n(C)cnc2cc1Br. The summed E-state index contributed by atoms with van der Waals surface area (Å²) >= 11 is 3.36. The fraction of sp³-hybridized carbons (Fsp3) is 0.273. The molecule has 17 heavy (non-hydrogen) atoms. The number of benzene rings is 1. The Morgan fingerprint density at radius 1 is 1.47 bits per heavy atom. The highest BCUT2D eigenvalue weighted by atomic mass is 79.9. The van der Waals surface area contributed by atoms with Crippen LogP contribution in [0, 0.1) is 0 Å². The summed E-state index contributed by atoms with van der Waals surface area (Å²) < 4.78 is 12.3. The van der Waals surface area contributed by atoms with Gasteiger partial charge in [0.15, 0.2) is 6.79 Å². The maximum Gasteiger partial charge on any atom is 0.261 e. The number of fused-ring (bicyclic) bond motifs is 1. The zero-order valence-electron chi connectivity index (χ0n) is 9.44. The average Bonchev–Trinajstić information content (AvgIpc) is 2.32. The molecule has 0 aliphatic heterocycles. The van der Waals surface area contributed by atoms with Crippen molar-refractivity contribution in [3.8, 4) is 5.75 Å². The predicted octanol–water partition coefficient (Wildman–Crippen LogP) is 1.68. The van der Waals surface area contributed by atoms with Gasteiger partial charge in [0.05, 0.1) is 21.7 Å². The van der Waals surface area contributed by atoms with Gasteiger partial charge in [-0.25, -0.2) is 4.98 Å². The molecule has 0 aliphatic carbocycles. The van der Waals surface area contributed by atoms with E-state index in [-0.39, 0.29) is 12.4 Å². The first kappa shape index (κ1) is 12.1. The minimum Gasteiger partial charge on any atom is -0.466 e. The van der Waals surface area contributed by atoms with Crippen LogP contribution in [0.25, 0.3) is 10.9 Å². The highest BCUT2D eigenvalue weighted by Gasteiger charge is 2.08. The molecular formula is C11H11BrN2O3. The van der Waals surface area contributed by atoms with Gasteiger partial charge in [0.2, 0.25) is 0 Å². The number of aryl methyl sites for hydroxylation is 1. The molecule has 1 aromatic heterocycles. The Balaban J connectivity index is 2.61. The lowest BCUT2D eigenvalue weighted by atomic mass is 10.2. The van der Waals surface area contributed by atoms with Crippen LogP contribution >= 0.6 is 15.9 Å². The Hall–Kier alpha value is -1.40. The Kier molecular flexibility index (Phi) is 3.44. The summed E-state index contributed by atoms with van der Waals surface area (Å²) in [6, 6.07) is 3.41. The van der Waals surface area contributed by atoms with E-state index in [0.717, 1.165) is 4.47 Å². The molecule has 0 amide bonds. The van der Waals surface area contributed by atoms with Crippen molar-refractivity contribution in [3.05, 3.63) is 33.3 Å². The number of methoxy groups -OCH3 is 1. The van der Waals surface area contributed by atoms with Crippen LogP contribution < -0.4 is 10.3 Å². The lowest BCUT2D eigenvalue weighted by Gasteiger charge is -2.08. The lowest BCUT2D eigenvalue weighted by molar-refractivity contribution is 0.0507. The van der Waals surface area contributed by atoms with Gasteiger partial charge in [0, 0.05) is 14.2 Å². The molecule has 5 nitrogen and oxygen atoms in total. The van der Waals surface area contributed by atoms with Gasteiger partial charge in [0.1, 0.15) is 5.75 Å². The fourth-order valence-electron chi connectivity index (χ4n) is 1.45. The number of ether oxygens (including phenoxy) is 2. The number of aromatic nitrogens is 2. The molecule has 1 heterocycles. The topological polar surface area (TPSA) is 53.4 Å². The Bertz CT molecular complexity index is 609. The molecule has 0 aliphatic rings. The van der Waals surface area contributed by atoms with Crippen molar-refractivity contribution >= 4 is 26.8 Å². The van der Waals surface area contributed by atoms with E-state index in [1.54, 1.807) is 19.2 Å². The molecule has 0 unspecified atom stereocenters. The molecule has 1 aromatic carbocycles. The maximum atomic E-state index is 11.9. The van der Waals surface area contributed by atoms with Crippen molar-refractivity contribution in [2.75, 3.05) is 13.9 Å². The predicted molar refractivity (Wildman–Crippen MR) is 67.2 cm³/mol. The van der Waals surface area contributed by atoms with Crippen LogP contribution in [0.5, 0.6) is 5.75 Å². The molecule has 0 bridgehead atoms. The summed E-state index contributed by atoms with van der Waals surface area (Å²) in [5.74, 6) is 0.560. The second-order valence-electron chi connectivity index (χ2n) is 3.51. The van der Waals surface area contributed by atoms with E-state index in [1.807, 2.05) is 0 Å². The van der Waals surface area contributed by atoms with Crippen LogP contribution in [0.15, 0.2) is 27.7 Å². The van der Waals surface area contributed by atoms with Gasteiger partial charge >= 0.3 is 0 Å². The molecule has 0 atom stereocenters. The fourth-order valence-corrected chi connectivity index (χ4v) is 1.89. The molecule has 0 saturated heterocycles. The van der Waals surface area contributed by atoms with E-state index in [2.05, 4.69) is 20.9 Å². The van der Waals surface area contributed by atoms with Crippen molar-refractivity contribution in [3.63, 3.8) is 0 Å². The zero-order valence-corrected chi connectivity index (χ0v) is 11.0. The third kappa shape index (κ3) is 2.32. The minimum absolute atomic E-state index is 0.107. The number of nitrogens with zero attached hydrogens (tertiary/aromatic N) is 2. The first-order valence-corrected chi connectivity index (χ1v) is 5.69. The van der Waals surface area contributed by atoms with Crippen LogP contribution in [0.3, 0.4) is 0 Å². The summed E-state index contributed by atoms with van der Waals surface area (Å²) in [6.07, 6.45) is 1.49. The smallest absolute Gasteiger partial charge is 0.261 e. The summed E-state index contributed by atoms with van der Waals surface area (Å²) in [5.41, 5.74) is 0.523. The monoisotopic (exact) mass is 298 g/mol. The second-order valence-corrected chi connectivity index (χ2v) is 4.37. The van der Waals surface area contributed by atoms with Crippen molar-refractivity contribution in [2.24, 2.45) is 7.05 Å². The molecule has 0 N–H and O–H groups in total. The van der Waals surface area contributed by atoms with E-state index in [9.17, 15) is 4.79 Å². The minimum atomic E-state index is -0.107. The lowest BCUT2D eigenvalue weighted by Crippen LogP contribution is -2.17. The third-order valence-corrected chi connectivity index (χ3v) is 2.92. The van der Waals surface area contributed by atoms with Gasteiger partial charge in [-0.2, -0.15) is 0 Å². The summed E-state index contributed by atoms with van der Waals surface area (Å²) in [7, 11) is 3.20. The van der Waals surface area contributed by atoms with Crippen molar-refractivity contribution in [2.45, 2.75) is 0 Å². The van der Waals surface area contributed by atoms with Crippen LogP contribution in [0.2, 0.25) is 0 Å². The Morgan fingerprint density at radius 3 is 2.94 bits per heavy atom. The van der Waals surface area contributed by atoms with Crippen molar-refractivity contribution in [1.29, 1.82) is 0 Å². The average molecular weight is 299 g/mol. The van der Waals surface area contributed by atoms with Gasteiger partial charge in [0.25, 0.3) is 5.56 Å². The van der Waals surface area contributed by atoms with Crippen LogP contribution in [0.1, 0.15) is 0 Å². The molecule has 0 fully saturated rings. The molecular weight excluding hydrogens is 288 g/mol. The first-order chi connectivity index (χ1) is 8.13. The second kappa shape index (κ2) is 4.85. The first-order valence-electron chi connectivity index (χ1n) is 4.90. The Labute approximate surface area is 106 Å². The standard InChI is InChI=1S/C11H11BrN2O3/c1-14-5-13-9-4-8(12)10(17-6-16-2)3-7(9)11(14)15/h3-5H,6H2,1-2H3. The molecule has 0 radical (unpaired) electrons. The van der Waals surface area contributed by atoms with Gasteiger partial charge < -0.3 is 14.0 Å². The molecule has 6 heteroatoms. The Morgan fingerprint density at radius 2 is 2.24 bits per heavy atom. The van der Waals surface area contributed by atoms with E-state index >= 15 is 0 Å². The van der Waals surface area contributed by atoms with Gasteiger partial charge in [-0.05, 0) is 28.1 Å². The van der Waals surface area contributed by atoms with E-state index < -0.39 is 0 Å². The molecule has 0 saturated carbocycles. The summed E-state index contributed by atoms with van der Waals surface area (Å²) in [5, 5.41) is 0.518. The zero-order chi connectivity index (χ0) is 12.4.